The largest absolute Gasteiger partial charge is 0.396 e. The molecule has 2 rings (SSSR count). The second kappa shape index (κ2) is 7.38. The van der Waals surface area contributed by atoms with Crippen LogP contribution in [0.5, 0.6) is 0 Å². The summed E-state index contributed by atoms with van der Waals surface area (Å²) < 4.78 is 5.07. The lowest BCUT2D eigenvalue weighted by atomic mass is 9.90. The lowest BCUT2D eigenvalue weighted by molar-refractivity contribution is -0.123. The number of amides is 1. The molecular weight excluding hydrogens is 256 g/mol. The zero-order chi connectivity index (χ0) is 14.4. The lowest BCUT2D eigenvalue weighted by Crippen LogP contribution is -2.45. The molecule has 1 aliphatic rings. The molecule has 1 amide bonds. The topological polar surface area (TPSA) is 70.6 Å². The van der Waals surface area contributed by atoms with Crippen molar-refractivity contribution in [1.82, 2.24) is 10.6 Å². The Labute approximate surface area is 119 Å². The number of methoxy groups -OCH3 is 1. The van der Waals surface area contributed by atoms with Gasteiger partial charge in [-0.05, 0) is 17.5 Å². The predicted molar refractivity (Wildman–Crippen MR) is 76.4 cm³/mol. The molecule has 0 aliphatic carbocycles. The summed E-state index contributed by atoms with van der Waals surface area (Å²) in [5.41, 5.74) is 2.26. The molecule has 0 bridgehead atoms. The molecule has 0 spiro atoms. The number of aliphatic hydroxyl groups excluding tert-OH is 1. The van der Waals surface area contributed by atoms with Crippen molar-refractivity contribution < 1.29 is 14.6 Å². The van der Waals surface area contributed by atoms with Crippen LogP contribution in [0, 0.1) is 0 Å². The van der Waals surface area contributed by atoms with E-state index >= 15 is 0 Å². The van der Waals surface area contributed by atoms with Crippen LogP contribution in [-0.2, 0) is 16.1 Å². The summed E-state index contributed by atoms with van der Waals surface area (Å²) in [5, 5.41) is 15.3. The quantitative estimate of drug-likeness (QED) is 0.704. The van der Waals surface area contributed by atoms with Crippen LogP contribution in [0.3, 0.4) is 0 Å². The predicted octanol–water partition coefficient (Wildman–Crippen LogP) is 0.387. The Bertz CT molecular complexity index is 444. The highest BCUT2D eigenvalue weighted by Crippen LogP contribution is 2.24. The maximum Gasteiger partial charge on any atom is 0.229 e. The summed E-state index contributed by atoms with van der Waals surface area (Å²) in [4.78, 5) is 12.4. The summed E-state index contributed by atoms with van der Waals surface area (Å²) in [6.45, 7) is 1.89. The van der Waals surface area contributed by atoms with E-state index in [9.17, 15) is 4.79 Å². The first-order valence-corrected chi connectivity index (χ1v) is 6.95. The van der Waals surface area contributed by atoms with Crippen LogP contribution >= 0.6 is 0 Å². The first-order valence-electron chi connectivity index (χ1n) is 6.95. The molecule has 0 saturated heterocycles. The molecule has 0 radical (unpaired) electrons. The van der Waals surface area contributed by atoms with E-state index in [1.165, 1.54) is 5.56 Å². The van der Waals surface area contributed by atoms with Crippen LogP contribution in [0.1, 0.15) is 23.5 Å². The summed E-state index contributed by atoms with van der Waals surface area (Å²) in [6.07, 6.45) is 0.501. The molecule has 1 aromatic carbocycles. The molecule has 0 saturated carbocycles. The van der Waals surface area contributed by atoms with Crippen molar-refractivity contribution >= 4 is 5.91 Å². The van der Waals surface area contributed by atoms with Gasteiger partial charge in [0.2, 0.25) is 5.91 Å². The number of hydrogen-bond acceptors (Lipinski definition) is 4. The SMILES string of the molecule is COCC(CCO)NC(=O)C1CNCc2ccccc21. The molecule has 20 heavy (non-hydrogen) atoms. The highest BCUT2D eigenvalue weighted by atomic mass is 16.5. The van der Waals surface area contributed by atoms with E-state index in [1.807, 2.05) is 24.3 Å². The fraction of sp³-hybridized carbons (Fsp3) is 0.533. The van der Waals surface area contributed by atoms with Gasteiger partial charge in [-0.2, -0.15) is 0 Å². The van der Waals surface area contributed by atoms with Crippen molar-refractivity contribution in [3.63, 3.8) is 0 Å². The average Bonchev–Trinajstić information content (AvgIpc) is 2.47. The van der Waals surface area contributed by atoms with Gasteiger partial charge in [-0.1, -0.05) is 24.3 Å². The summed E-state index contributed by atoms with van der Waals surface area (Å²) in [5.74, 6) is -0.196. The van der Waals surface area contributed by atoms with E-state index in [4.69, 9.17) is 9.84 Å². The van der Waals surface area contributed by atoms with Gasteiger partial charge in [-0.15, -0.1) is 0 Å². The molecule has 5 heteroatoms. The molecule has 1 aromatic rings. The van der Waals surface area contributed by atoms with Crippen LogP contribution in [0.25, 0.3) is 0 Å². The van der Waals surface area contributed by atoms with E-state index in [2.05, 4.69) is 10.6 Å². The fourth-order valence-corrected chi connectivity index (χ4v) is 2.59. The number of fused-ring (bicyclic) bond motifs is 1. The summed E-state index contributed by atoms with van der Waals surface area (Å²) >= 11 is 0. The van der Waals surface area contributed by atoms with Crippen LogP contribution in [0.15, 0.2) is 24.3 Å². The molecule has 2 unspecified atom stereocenters. The van der Waals surface area contributed by atoms with Crippen molar-refractivity contribution in [2.45, 2.75) is 24.9 Å². The lowest BCUT2D eigenvalue weighted by Gasteiger charge is -2.27. The van der Waals surface area contributed by atoms with Crippen molar-refractivity contribution in [3.05, 3.63) is 35.4 Å². The minimum Gasteiger partial charge on any atom is -0.396 e. The fourth-order valence-electron chi connectivity index (χ4n) is 2.59. The molecule has 0 fully saturated rings. The van der Waals surface area contributed by atoms with Gasteiger partial charge < -0.3 is 20.5 Å². The highest BCUT2D eigenvalue weighted by molar-refractivity contribution is 5.85. The summed E-state index contributed by atoms with van der Waals surface area (Å²) in [6, 6.07) is 7.86. The molecule has 110 valence electrons. The number of carbonyl (C=O) groups excluding carboxylic acids is 1. The normalized spacial score (nSPS) is 19.2. The number of carbonyl (C=O) groups is 1. The van der Waals surface area contributed by atoms with E-state index in [1.54, 1.807) is 7.11 Å². The number of benzene rings is 1. The third-order valence-electron chi connectivity index (χ3n) is 3.60. The molecule has 0 aromatic heterocycles. The Morgan fingerprint density at radius 1 is 1.55 bits per heavy atom. The van der Waals surface area contributed by atoms with Crippen molar-refractivity contribution in [2.75, 3.05) is 26.9 Å². The Balaban J connectivity index is 2.06. The van der Waals surface area contributed by atoms with Crippen molar-refractivity contribution in [3.8, 4) is 0 Å². The first-order chi connectivity index (χ1) is 9.76. The molecule has 1 heterocycles. The zero-order valence-corrected chi connectivity index (χ0v) is 11.8. The van der Waals surface area contributed by atoms with Gasteiger partial charge in [0.15, 0.2) is 0 Å². The van der Waals surface area contributed by atoms with E-state index < -0.39 is 0 Å². The highest BCUT2D eigenvalue weighted by Gasteiger charge is 2.27. The van der Waals surface area contributed by atoms with Gasteiger partial charge in [0.1, 0.15) is 0 Å². The van der Waals surface area contributed by atoms with E-state index in [0.29, 0.717) is 19.6 Å². The standard InChI is InChI=1S/C15H22N2O3/c1-20-10-12(6-7-18)17-15(19)14-9-16-8-11-4-2-3-5-13(11)14/h2-5,12,14,16,18H,6-10H2,1H3,(H,17,19). The van der Waals surface area contributed by atoms with Crippen molar-refractivity contribution in [2.24, 2.45) is 0 Å². The van der Waals surface area contributed by atoms with Gasteiger partial charge in [0, 0.05) is 26.8 Å². The third kappa shape index (κ3) is 3.56. The number of ether oxygens (including phenoxy) is 1. The third-order valence-corrected chi connectivity index (χ3v) is 3.60. The van der Waals surface area contributed by atoms with E-state index in [-0.39, 0.29) is 24.5 Å². The Hall–Kier alpha value is -1.43. The van der Waals surface area contributed by atoms with Crippen LogP contribution in [0.2, 0.25) is 0 Å². The van der Waals surface area contributed by atoms with Crippen LogP contribution < -0.4 is 10.6 Å². The van der Waals surface area contributed by atoms with Crippen molar-refractivity contribution in [1.29, 1.82) is 0 Å². The van der Waals surface area contributed by atoms with E-state index in [0.717, 1.165) is 12.1 Å². The monoisotopic (exact) mass is 278 g/mol. The molecule has 5 nitrogen and oxygen atoms in total. The maximum atomic E-state index is 12.4. The molecule has 3 N–H and O–H groups in total. The van der Waals surface area contributed by atoms with Crippen LogP contribution in [-0.4, -0.2) is 43.9 Å². The zero-order valence-electron chi connectivity index (χ0n) is 11.8. The van der Waals surface area contributed by atoms with Gasteiger partial charge >= 0.3 is 0 Å². The Morgan fingerprint density at radius 2 is 2.35 bits per heavy atom. The van der Waals surface area contributed by atoms with Gasteiger partial charge in [0.25, 0.3) is 0 Å². The van der Waals surface area contributed by atoms with Gasteiger partial charge in [-0.3, -0.25) is 4.79 Å². The molecule has 1 aliphatic heterocycles. The number of rotatable bonds is 6. The van der Waals surface area contributed by atoms with Gasteiger partial charge in [0.05, 0.1) is 18.6 Å². The minimum absolute atomic E-state index is 0.0137. The smallest absolute Gasteiger partial charge is 0.229 e. The molecule has 2 atom stereocenters. The Kier molecular flexibility index (Phi) is 5.52. The van der Waals surface area contributed by atoms with Crippen LogP contribution in [0.4, 0.5) is 0 Å². The average molecular weight is 278 g/mol. The number of aliphatic hydroxyl groups is 1. The summed E-state index contributed by atoms with van der Waals surface area (Å²) in [7, 11) is 1.59. The number of nitrogens with one attached hydrogen (secondary N) is 2. The Morgan fingerprint density at radius 3 is 3.10 bits per heavy atom. The first kappa shape index (κ1) is 15.0. The molecular formula is C15H22N2O3. The number of hydrogen-bond donors (Lipinski definition) is 3. The van der Waals surface area contributed by atoms with Gasteiger partial charge in [-0.25, -0.2) is 0 Å². The maximum absolute atomic E-state index is 12.4. The second-order valence-corrected chi connectivity index (χ2v) is 5.06. The second-order valence-electron chi connectivity index (χ2n) is 5.06. The minimum atomic E-state index is -0.182.